The second-order valence-corrected chi connectivity index (χ2v) is 5.02. The zero-order chi connectivity index (χ0) is 13.2. The SMILES string of the molecule is Cc1cc(N2CCC[C@@H](c3ccn[nH]3)C2)nc(N)n1. The Labute approximate surface area is 112 Å². The monoisotopic (exact) mass is 258 g/mol. The summed E-state index contributed by atoms with van der Waals surface area (Å²) in [5, 5.41) is 7.10. The first-order chi connectivity index (χ1) is 9.22. The molecule has 100 valence electrons. The zero-order valence-corrected chi connectivity index (χ0v) is 11.0. The maximum Gasteiger partial charge on any atom is 0.222 e. The lowest BCUT2D eigenvalue weighted by molar-refractivity contribution is 0.498. The number of hydrogen-bond acceptors (Lipinski definition) is 5. The Bertz CT molecular complexity index is 530. The fraction of sp³-hybridized carbons (Fsp3) is 0.462. The molecule has 6 nitrogen and oxygen atoms in total. The average molecular weight is 258 g/mol. The quantitative estimate of drug-likeness (QED) is 0.852. The molecule has 1 aliphatic heterocycles. The van der Waals surface area contributed by atoms with Gasteiger partial charge in [-0.1, -0.05) is 0 Å². The Morgan fingerprint density at radius 1 is 1.42 bits per heavy atom. The summed E-state index contributed by atoms with van der Waals surface area (Å²) in [5.74, 6) is 1.75. The van der Waals surface area contributed by atoms with Gasteiger partial charge in [-0.15, -0.1) is 0 Å². The van der Waals surface area contributed by atoms with Crippen molar-refractivity contribution in [1.29, 1.82) is 0 Å². The van der Waals surface area contributed by atoms with Crippen molar-refractivity contribution in [3.63, 3.8) is 0 Å². The van der Waals surface area contributed by atoms with Crippen LogP contribution in [0.2, 0.25) is 0 Å². The predicted molar refractivity (Wildman–Crippen MR) is 74.0 cm³/mol. The van der Waals surface area contributed by atoms with Crippen molar-refractivity contribution in [2.45, 2.75) is 25.7 Å². The molecule has 2 aromatic heterocycles. The molecule has 3 N–H and O–H groups in total. The third kappa shape index (κ3) is 2.52. The topological polar surface area (TPSA) is 83.7 Å². The van der Waals surface area contributed by atoms with E-state index >= 15 is 0 Å². The van der Waals surface area contributed by atoms with Gasteiger partial charge in [-0.25, -0.2) is 4.98 Å². The number of aromatic amines is 1. The molecule has 0 saturated carbocycles. The van der Waals surface area contributed by atoms with Gasteiger partial charge in [-0.2, -0.15) is 10.1 Å². The number of piperidine rings is 1. The van der Waals surface area contributed by atoms with Crippen LogP contribution in [-0.4, -0.2) is 33.3 Å². The van der Waals surface area contributed by atoms with E-state index in [1.807, 2.05) is 19.1 Å². The standard InChI is InChI=1S/C13H18N6/c1-9-7-12(17-13(14)16-9)19-6-2-3-10(8-19)11-4-5-15-18-11/h4-5,7,10H,2-3,6,8H2,1H3,(H,15,18)(H2,14,16,17)/t10-/m1/s1. The number of nitrogen functional groups attached to an aromatic ring is 1. The van der Waals surface area contributed by atoms with E-state index in [0.29, 0.717) is 11.9 Å². The third-order valence-electron chi connectivity index (χ3n) is 3.57. The van der Waals surface area contributed by atoms with Crippen LogP contribution in [0.25, 0.3) is 0 Å². The van der Waals surface area contributed by atoms with Crippen molar-refractivity contribution in [2.24, 2.45) is 0 Å². The van der Waals surface area contributed by atoms with Crippen LogP contribution >= 0.6 is 0 Å². The average Bonchev–Trinajstić information content (AvgIpc) is 2.92. The number of rotatable bonds is 2. The molecule has 6 heteroatoms. The number of nitrogens with two attached hydrogens (primary N) is 1. The minimum absolute atomic E-state index is 0.346. The second-order valence-electron chi connectivity index (χ2n) is 5.02. The van der Waals surface area contributed by atoms with Crippen molar-refractivity contribution in [3.8, 4) is 0 Å². The van der Waals surface area contributed by atoms with Gasteiger partial charge in [0.15, 0.2) is 0 Å². The summed E-state index contributed by atoms with van der Waals surface area (Å²) >= 11 is 0. The molecular weight excluding hydrogens is 240 g/mol. The third-order valence-corrected chi connectivity index (χ3v) is 3.57. The number of anilines is 2. The summed E-state index contributed by atoms with van der Waals surface area (Å²) in [7, 11) is 0. The first-order valence-electron chi connectivity index (χ1n) is 6.58. The van der Waals surface area contributed by atoms with Gasteiger partial charge in [-0.05, 0) is 25.8 Å². The van der Waals surface area contributed by atoms with Gasteiger partial charge in [0.2, 0.25) is 5.95 Å². The minimum atomic E-state index is 0.346. The lowest BCUT2D eigenvalue weighted by Crippen LogP contribution is -2.35. The smallest absolute Gasteiger partial charge is 0.222 e. The van der Waals surface area contributed by atoms with Crippen molar-refractivity contribution < 1.29 is 0 Å². The molecular formula is C13H18N6. The second kappa shape index (κ2) is 4.87. The van der Waals surface area contributed by atoms with E-state index in [1.165, 1.54) is 12.1 Å². The molecule has 1 saturated heterocycles. The molecule has 3 rings (SSSR count). The van der Waals surface area contributed by atoms with Crippen LogP contribution in [0.3, 0.4) is 0 Å². The van der Waals surface area contributed by atoms with Crippen LogP contribution in [0.5, 0.6) is 0 Å². The highest BCUT2D eigenvalue weighted by atomic mass is 15.2. The minimum Gasteiger partial charge on any atom is -0.368 e. The molecule has 1 fully saturated rings. The van der Waals surface area contributed by atoms with Gasteiger partial charge in [0, 0.05) is 42.7 Å². The predicted octanol–water partition coefficient (Wildman–Crippen LogP) is 1.47. The molecule has 2 aromatic rings. The maximum atomic E-state index is 5.73. The summed E-state index contributed by atoms with van der Waals surface area (Å²) in [6.07, 6.45) is 4.13. The van der Waals surface area contributed by atoms with Crippen LogP contribution in [0.4, 0.5) is 11.8 Å². The number of hydrogen-bond donors (Lipinski definition) is 2. The normalized spacial score (nSPS) is 19.6. The highest BCUT2D eigenvalue weighted by Gasteiger charge is 2.23. The molecule has 1 atom stereocenters. The molecule has 0 radical (unpaired) electrons. The van der Waals surface area contributed by atoms with Gasteiger partial charge in [-0.3, -0.25) is 5.10 Å². The van der Waals surface area contributed by atoms with Gasteiger partial charge in [0.25, 0.3) is 0 Å². The van der Waals surface area contributed by atoms with E-state index < -0.39 is 0 Å². The van der Waals surface area contributed by atoms with E-state index in [9.17, 15) is 0 Å². The fourth-order valence-electron chi connectivity index (χ4n) is 2.67. The zero-order valence-electron chi connectivity index (χ0n) is 11.0. The molecule has 0 aromatic carbocycles. The van der Waals surface area contributed by atoms with Gasteiger partial charge < -0.3 is 10.6 Å². The lowest BCUT2D eigenvalue weighted by atomic mass is 9.95. The summed E-state index contributed by atoms with van der Waals surface area (Å²) < 4.78 is 0. The Morgan fingerprint density at radius 3 is 3.05 bits per heavy atom. The Hall–Kier alpha value is -2.11. The molecule has 0 aliphatic carbocycles. The molecule has 1 aliphatic rings. The van der Waals surface area contributed by atoms with Gasteiger partial charge in [0.05, 0.1) is 0 Å². The highest BCUT2D eigenvalue weighted by Crippen LogP contribution is 2.28. The summed E-state index contributed by atoms with van der Waals surface area (Å²) in [5.41, 5.74) is 7.84. The summed E-state index contributed by atoms with van der Waals surface area (Å²) in [6, 6.07) is 4.04. The van der Waals surface area contributed by atoms with Crippen LogP contribution in [0.1, 0.15) is 30.1 Å². The number of aromatic nitrogens is 4. The molecule has 3 heterocycles. The number of nitrogens with one attached hydrogen (secondary N) is 1. The van der Waals surface area contributed by atoms with Gasteiger partial charge >= 0.3 is 0 Å². The first-order valence-corrected chi connectivity index (χ1v) is 6.58. The molecule has 0 unspecified atom stereocenters. The number of H-pyrrole nitrogens is 1. The first kappa shape index (κ1) is 12.0. The van der Waals surface area contributed by atoms with E-state index in [4.69, 9.17) is 5.73 Å². The van der Waals surface area contributed by atoms with Gasteiger partial charge in [0.1, 0.15) is 5.82 Å². The van der Waals surface area contributed by atoms with Crippen molar-refractivity contribution in [1.82, 2.24) is 20.2 Å². The Morgan fingerprint density at radius 2 is 2.32 bits per heavy atom. The van der Waals surface area contributed by atoms with Crippen LogP contribution in [0.15, 0.2) is 18.3 Å². The lowest BCUT2D eigenvalue weighted by Gasteiger charge is -2.33. The maximum absolute atomic E-state index is 5.73. The Kier molecular flexibility index (Phi) is 3.06. The molecule has 0 bridgehead atoms. The van der Waals surface area contributed by atoms with Crippen molar-refractivity contribution in [3.05, 3.63) is 29.7 Å². The van der Waals surface area contributed by atoms with E-state index in [1.54, 1.807) is 6.20 Å². The molecule has 0 spiro atoms. The van der Waals surface area contributed by atoms with Crippen LogP contribution in [-0.2, 0) is 0 Å². The number of aryl methyl sites for hydroxylation is 1. The number of nitrogens with zero attached hydrogens (tertiary/aromatic N) is 4. The molecule has 19 heavy (non-hydrogen) atoms. The highest BCUT2D eigenvalue weighted by molar-refractivity contribution is 5.44. The van der Waals surface area contributed by atoms with Crippen LogP contribution < -0.4 is 10.6 Å². The fourth-order valence-corrected chi connectivity index (χ4v) is 2.67. The Balaban J connectivity index is 1.81. The van der Waals surface area contributed by atoms with E-state index in [0.717, 1.165) is 31.0 Å². The summed E-state index contributed by atoms with van der Waals surface area (Å²) in [6.45, 7) is 3.90. The van der Waals surface area contributed by atoms with Crippen molar-refractivity contribution >= 4 is 11.8 Å². The summed E-state index contributed by atoms with van der Waals surface area (Å²) in [4.78, 5) is 10.7. The molecule has 0 amide bonds. The van der Waals surface area contributed by atoms with Crippen molar-refractivity contribution in [2.75, 3.05) is 23.7 Å². The van der Waals surface area contributed by atoms with Crippen LogP contribution in [0, 0.1) is 6.92 Å². The largest absolute Gasteiger partial charge is 0.368 e. The van der Waals surface area contributed by atoms with E-state index in [-0.39, 0.29) is 0 Å². The van der Waals surface area contributed by atoms with E-state index in [2.05, 4.69) is 25.1 Å².